The van der Waals surface area contributed by atoms with Crippen LogP contribution in [-0.2, 0) is 33.3 Å². The van der Waals surface area contributed by atoms with Gasteiger partial charge in [-0.3, -0.25) is 8.37 Å². The summed E-state index contributed by atoms with van der Waals surface area (Å²) in [4.78, 5) is 0. The van der Waals surface area contributed by atoms with Gasteiger partial charge in [0.25, 0.3) is 20.2 Å². The summed E-state index contributed by atoms with van der Waals surface area (Å²) in [5.74, 6) is 0. The van der Waals surface area contributed by atoms with E-state index in [0.717, 1.165) is 0 Å². The molecule has 0 amide bonds. The van der Waals surface area contributed by atoms with Gasteiger partial charge < -0.3 is 20.1 Å². The van der Waals surface area contributed by atoms with Crippen LogP contribution in [0, 0.1) is 0 Å². The second kappa shape index (κ2) is 6.19. The Labute approximate surface area is 116 Å². The van der Waals surface area contributed by atoms with E-state index in [0.29, 0.717) is 12.5 Å². The smallest absolute Gasteiger partial charge is 0.264 e. The second-order valence-electron chi connectivity index (χ2n) is 4.27. The number of hydrogen-bond acceptors (Lipinski definition) is 10. The molecule has 0 bridgehead atoms. The van der Waals surface area contributed by atoms with Crippen LogP contribution in [0.3, 0.4) is 0 Å². The fourth-order valence-electron chi connectivity index (χ4n) is 1.67. The van der Waals surface area contributed by atoms with E-state index in [-0.39, 0.29) is 0 Å². The molecule has 0 spiro atoms. The molecule has 0 aromatic rings. The van der Waals surface area contributed by atoms with Crippen LogP contribution in [0.4, 0.5) is 0 Å². The molecule has 1 fully saturated rings. The molecule has 3 N–H and O–H groups in total. The lowest BCUT2D eigenvalue weighted by Crippen LogP contribution is -2.61. The number of aliphatic hydroxyl groups excluding tert-OH is 3. The minimum atomic E-state index is -4.08. The summed E-state index contributed by atoms with van der Waals surface area (Å²) in [5, 5.41) is 28.4. The summed E-state index contributed by atoms with van der Waals surface area (Å²) in [6, 6.07) is 0. The Morgan fingerprint density at radius 1 is 1.00 bits per heavy atom. The van der Waals surface area contributed by atoms with Crippen molar-refractivity contribution in [2.24, 2.45) is 0 Å². The van der Waals surface area contributed by atoms with Crippen molar-refractivity contribution in [2.75, 3.05) is 19.1 Å². The average molecular weight is 336 g/mol. The molecule has 1 rings (SSSR count). The van der Waals surface area contributed by atoms with Crippen molar-refractivity contribution in [2.45, 2.75) is 30.7 Å². The van der Waals surface area contributed by atoms with Gasteiger partial charge in [0.15, 0.2) is 12.4 Å². The van der Waals surface area contributed by atoms with E-state index >= 15 is 0 Å². The van der Waals surface area contributed by atoms with Crippen LogP contribution in [0.5, 0.6) is 0 Å². The maximum absolute atomic E-state index is 11.1. The zero-order valence-electron chi connectivity index (χ0n) is 10.6. The molecule has 0 unspecified atom stereocenters. The molecule has 5 atom stereocenters. The monoisotopic (exact) mass is 336 g/mol. The SMILES string of the molecule is CS(=O)(=O)O[C@@H]1[C@H](O)[C@@H](CO)O[C@H](O)[C@H]1OS(C)(=O)=O. The second-order valence-corrected chi connectivity index (χ2v) is 7.47. The molecule has 0 aromatic carbocycles. The van der Waals surface area contributed by atoms with Crippen molar-refractivity contribution >= 4 is 20.2 Å². The normalized spacial score (nSPS) is 36.0. The Balaban J connectivity index is 3.09. The Morgan fingerprint density at radius 3 is 1.85 bits per heavy atom. The molecule has 10 nitrogen and oxygen atoms in total. The molecule has 1 heterocycles. The Hall–Kier alpha value is -0.340. The summed E-state index contributed by atoms with van der Waals surface area (Å²) in [7, 11) is -8.16. The van der Waals surface area contributed by atoms with E-state index in [1.54, 1.807) is 0 Å². The third-order valence-electron chi connectivity index (χ3n) is 2.39. The van der Waals surface area contributed by atoms with Crippen molar-refractivity contribution in [1.82, 2.24) is 0 Å². The summed E-state index contributed by atoms with van der Waals surface area (Å²) in [6.45, 7) is -0.743. The van der Waals surface area contributed by atoms with E-state index in [1.807, 2.05) is 0 Å². The van der Waals surface area contributed by atoms with Crippen LogP contribution in [0.2, 0.25) is 0 Å². The van der Waals surface area contributed by atoms with Gasteiger partial charge in [-0.15, -0.1) is 0 Å². The van der Waals surface area contributed by atoms with E-state index in [4.69, 9.17) is 9.84 Å². The fraction of sp³-hybridized carbons (Fsp3) is 1.00. The van der Waals surface area contributed by atoms with E-state index in [1.165, 1.54) is 0 Å². The first-order valence-electron chi connectivity index (χ1n) is 5.33. The highest BCUT2D eigenvalue weighted by molar-refractivity contribution is 7.86. The highest BCUT2D eigenvalue weighted by Crippen LogP contribution is 2.26. The standard InChI is InChI=1S/C8H16O10S2/c1-19(12,13)17-6-5(10)4(3-9)16-8(11)7(6)18-20(2,14)15/h4-11H,3H2,1-2H3/t4-,5-,6-,7+,8+/m1/s1. The molecule has 120 valence electrons. The predicted molar refractivity (Wildman–Crippen MR) is 63.4 cm³/mol. The molecule has 1 aliphatic heterocycles. The quantitative estimate of drug-likeness (QED) is 0.435. The Morgan fingerprint density at radius 2 is 1.45 bits per heavy atom. The first-order chi connectivity index (χ1) is 8.94. The third-order valence-corrected chi connectivity index (χ3v) is 3.53. The minimum absolute atomic E-state index is 0.668. The van der Waals surface area contributed by atoms with Gasteiger partial charge in [0, 0.05) is 0 Å². The van der Waals surface area contributed by atoms with Crippen LogP contribution in [0.15, 0.2) is 0 Å². The van der Waals surface area contributed by atoms with Crippen molar-refractivity contribution in [1.29, 1.82) is 0 Å². The topological polar surface area (TPSA) is 157 Å². The first-order valence-corrected chi connectivity index (χ1v) is 8.97. The lowest BCUT2D eigenvalue weighted by Gasteiger charge is -2.40. The zero-order chi connectivity index (χ0) is 15.7. The molecule has 1 saturated heterocycles. The number of ether oxygens (including phenoxy) is 1. The maximum atomic E-state index is 11.1. The summed E-state index contributed by atoms with van der Waals surface area (Å²) in [6.07, 6.45) is -7.18. The van der Waals surface area contributed by atoms with E-state index < -0.39 is 57.5 Å². The van der Waals surface area contributed by atoms with Gasteiger partial charge in [0.2, 0.25) is 0 Å². The lowest BCUT2D eigenvalue weighted by molar-refractivity contribution is -0.274. The molecule has 12 heteroatoms. The zero-order valence-corrected chi connectivity index (χ0v) is 12.2. The van der Waals surface area contributed by atoms with Crippen LogP contribution in [-0.4, -0.2) is 82.0 Å². The molecule has 1 aliphatic rings. The van der Waals surface area contributed by atoms with E-state index in [2.05, 4.69) is 8.37 Å². The van der Waals surface area contributed by atoms with Gasteiger partial charge in [-0.1, -0.05) is 0 Å². The predicted octanol–water partition coefficient (Wildman–Crippen LogP) is -3.25. The first kappa shape index (κ1) is 17.7. The Kier molecular flexibility index (Phi) is 5.48. The van der Waals surface area contributed by atoms with Crippen molar-refractivity contribution in [3.05, 3.63) is 0 Å². The van der Waals surface area contributed by atoms with Gasteiger partial charge >= 0.3 is 0 Å². The van der Waals surface area contributed by atoms with Gasteiger partial charge in [0.1, 0.15) is 18.3 Å². The van der Waals surface area contributed by atoms with Gasteiger partial charge in [-0.25, -0.2) is 0 Å². The highest BCUT2D eigenvalue weighted by atomic mass is 32.2. The van der Waals surface area contributed by atoms with Gasteiger partial charge in [-0.2, -0.15) is 16.8 Å². The van der Waals surface area contributed by atoms with Crippen LogP contribution >= 0.6 is 0 Å². The fourth-order valence-corrected chi connectivity index (χ4v) is 2.91. The number of rotatable bonds is 5. The Bertz CT molecular complexity index is 525. The molecule has 0 aromatic heterocycles. The van der Waals surface area contributed by atoms with Crippen LogP contribution in [0.25, 0.3) is 0 Å². The summed E-state index contributed by atoms with van der Waals surface area (Å²) < 4.78 is 58.2. The minimum Gasteiger partial charge on any atom is -0.394 e. The summed E-state index contributed by atoms with van der Waals surface area (Å²) in [5.41, 5.74) is 0. The molecular weight excluding hydrogens is 320 g/mol. The van der Waals surface area contributed by atoms with Gasteiger partial charge in [-0.05, 0) is 0 Å². The van der Waals surface area contributed by atoms with Gasteiger partial charge in [0.05, 0.1) is 19.1 Å². The third kappa shape index (κ3) is 4.89. The largest absolute Gasteiger partial charge is 0.394 e. The van der Waals surface area contributed by atoms with Crippen molar-refractivity contribution in [3.63, 3.8) is 0 Å². The van der Waals surface area contributed by atoms with Crippen LogP contribution < -0.4 is 0 Å². The molecule has 0 saturated carbocycles. The molecule has 0 aliphatic carbocycles. The van der Waals surface area contributed by atoms with E-state index in [9.17, 15) is 27.0 Å². The molecule has 20 heavy (non-hydrogen) atoms. The number of hydrogen-bond donors (Lipinski definition) is 3. The van der Waals surface area contributed by atoms with Crippen molar-refractivity contribution in [3.8, 4) is 0 Å². The molecular formula is C8H16O10S2. The molecule has 0 radical (unpaired) electrons. The summed E-state index contributed by atoms with van der Waals surface area (Å²) >= 11 is 0. The average Bonchev–Trinajstić information content (AvgIpc) is 2.25. The van der Waals surface area contributed by atoms with Crippen LogP contribution in [0.1, 0.15) is 0 Å². The van der Waals surface area contributed by atoms with Crippen molar-refractivity contribution < 1.29 is 45.3 Å². The maximum Gasteiger partial charge on any atom is 0.264 e. The highest BCUT2D eigenvalue weighted by Gasteiger charge is 2.49. The lowest BCUT2D eigenvalue weighted by atomic mass is 9.99. The number of aliphatic hydroxyl groups is 3.